The van der Waals surface area contributed by atoms with Crippen molar-refractivity contribution in [3.63, 3.8) is 0 Å². The third-order valence-electron chi connectivity index (χ3n) is 9.88. The minimum atomic E-state index is -0.438. The molecule has 3 aliphatic heterocycles. The predicted molar refractivity (Wildman–Crippen MR) is 192 cm³/mol. The number of hydrogen-bond acceptors (Lipinski definition) is 6. The molecule has 10 nitrogen and oxygen atoms in total. The van der Waals surface area contributed by atoms with Gasteiger partial charge in [-0.1, -0.05) is 67.1 Å². The number of urea groups is 1. The van der Waals surface area contributed by atoms with Gasteiger partial charge < -0.3 is 19.4 Å². The Morgan fingerprint density at radius 1 is 0.673 bits per heavy atom. The molecule has 0 aromatic heterocycles. The molecule has 0 bridgehead atoms. The smallest absolute Gasteiger partial charge is 0.429 e. The number of hydrazine groups is 1. The maximum atomic E-state index is 13.7. The van der Waals surface area contributed by atoms with Crippen molar-refractivity contribution < 1.29 is 19.1 Å². The fourth-order valence-electron chi connectivity index (χ4n) is 7.01. The average molecular weight is 667 g/mol. The maximum absolute atomic E-state index is 13.7. The molecule has 0 spiro atoms. The molecule has 0 N–H and O–H groups in total. The summed E-state index contributed by atoms with van der Waals surface area (Å²) in [5, 5.41) is 3.77. The number of para-hydroxylation sites is 1. The number of likely N-dealkylation sites (tertiary alicyclic amines) is 1. The zero-order chi connectivity index (χ0) is 34.0. The number of amides is 4. The van der Waals surface area contributed by atoms with E-state index in [4.69, 9.17) is 4.74 Å². The number of rotatable bonds is 9. The summed E-state index contributed by atoms with van der Waals surface area (Å²) in [4.78, 5) is 47.8. The number of piperazine rings is 1. The Hall–Kier alpha value is -4.41. The largest absolute Gasteiger partial charge is 0.446 e. The summed E-state index contributed by atoms with van der Waals surface area (Å²) in [7, 11) is 1.74. The van der Waals surface area contributed by atoms with Gasteiger partial charge in [-0.3, -0.25) is 9.69 Å². The molecule has 0 aliphatic carbocycles. The lowest BCUT2D eigenvalue weighted by molar-refractivity contribution is 0.0733. The van der Waals surface area contributed by atoms with Crippen molar-refractivity contribution in [2.45, 2.75) is 45.1 Å². The number of piperidine rings is 2. The summed E-state index contributed by atoms with van der Waals surface area (Å²) in [5.74, 6) is -0.116. The molecule has 10 heteroatoms. The van der Waals surface area contributed by atoms with Crippen molar-refractivity contribution in [3.8, 4) is 11.1 Å². The standard InChI is InChI=1S/C39H50N6O4/c1-40(37(46)34-19-17-32(18-20-34)31-41-25-27-43(28-26-41)38(47)42-21-9-3-10-22-42)29-30-49-39(48)45(44-23-11-4-12-24-44)36-16-8-7-15-35(36)33-13-5-2-6-14-33/h2,5-8,13-20H,3-4,9-12,21-31H2,1H3. The minimum Gasteiger partial charge on any atom is -0.446 e. The van der Waals surface area contributed by atoms with E-state index < -0.39 is 6.09 Å². The molecule has 0 atom stereocenters. The monoisotopic (exact) mass is 666 g/mol. The van der Waals surface area contributed by atoms with Gasteiger partial charge in [0.25, 0.3) is 5.91 Å². The normalized spacial score (nSPS) is 17.4. The van der Waals surface area contributed by atoms with Crippen LogP contribution >= 0.6 is 0 Å². The first-order chi connectivity index (χ1) is 24.0. The van der Waals surface area contributed by atoms with Crippen molar-refractivity contribution in [1.29, 1.82) is 0 Å². The van der Waals surface area contributed by atoms with Crippen LogP contribution in [0.2, 0.25) is 0 Å². The molecule has 0 unspecified atom stereocenters. The lowest BCUT2D eigenvalue weighted by atomic mass is 10.0. The van der Waals surface area contributed by atoms with Gasteiger partial charge in [0.15, 0.2) is 0 Å². The van der Waals surface area contributed by atoms with Crippen LogP contribution in [-0.2, 0) is 11.3 Å². The number of nitrogens with zero attached hydrogens (tertiary/aromatic N) is 6. The number of carbonyl (C=O) groups excluding carboxylic acids is 3. The van der Waals surface area contributed by atoms with Crippen LogP contribution in [0.5, 0.6) is 0 Å². The highest BCUT2D eigenvalue weighted by Crippen LogP contribution is 2.33. The third-order valence-corrected chi connectivity index (χ3v) is 9.88. The topological polar surface area (TPSA) is 79.9 Å². The van der Waals surface area contributed by atoms with Gasteiger partial charge in [0.2, 0.25) is 0 Å². The summed E-state index contributed by atoms with van der Waals surface area (Å²) >= 11 is 0. The lowest BCUT2D eigenvalue weighted by Gasteiger charge is -2.38. The number of likely N-dealkylation sites (N-methyl/N-ethyl adjacent to an activating group) is 1. The summed E-state index contributed by atoms with van der Waals surface area (Å²) in [6, 6.07) is 26.0. The molecule has 49 heavy (non-hydrogen) atoms. The summed E-state index contributed by atoms with van der Waals surface area (Å²) < 4.78 is 5.84. The van der Waals surface area contributed by atoms with E-state index in [9.17, 15) is 14.4 Å². The first-order valence-electron chi connectivity index (χ1n) is 17.9. The van der Waals surface area contributed by atoms with E-state index in [1.54, 1.807) is 17.0 Å². The first-order valence-corrected chi connectivity index (χ1v) is 17.9. The summed E-state index contributed by atoms with van der Waals surface area (Å²) in [5.41, 5.74) is 4.52. The van der Waals surface area contributed by atoms with Crippen molar-refractivity contribution in [3.05, 3.63) is 90.0 Å². The molecule has 3 fully saturated rings. The number of anilines is 1. The van der Waals surface area contributed by atoms with Crippen LogP contribution in [-0.4, -0.2) is 115 Å². The van der Waals surface area contributed by atoms with Gasteiger partial charge in [-0.15, -0.1) is 0 Å². The minimum absolute atomic E-state index is 0.0865. The molecule has 3 aromatic carbocycles. The molecule has 3 aliphatic rings. The molecule has 260 valence electrons. The molecule has 3 saturated heterocycles. The molecule has 0 saturated carbocycles. The molecule has 3 aromatic rings. The van der Waals surface area contributed by atoms with E-state index in [1.165, 1.54) is 6.42 Å². The van der Waals surface area contributed by atoms with Crippen LogP contribution in [0, 0.1) is 0 Å². The van der Waals surface area contributed by atoms with Crippen molar-refractivity contribution >= 4 is 23.7 Å². The molecule has 0 radical (unpaired) electrons. The van der Waals surface area contributed by atoms with Gasteiger partial charge in [-0.2, -0.15) is 0 Å². The SMILES string of the molecule is CN(CCOC(=O)N(c1ccccc1-c1ccccc1)N1CCCCC1)C(=O)c1ccc(CN2CCN(C(=O)N3CCCCC3)CC2)cc1. The number of carbonyl (C=O) groups is 3. The first kappa shape index (κ1) is 34.5. The molecule has 6 rings (SSSR count). The second kappa shape index (κ2) is 16.8. The van der Waals surface area contributed by atoms with Gasteiger partial charge in [0, 0.05) is 77.1 Å². The fraction of sp³-hybridized carbons (Fsp3) is 0.462. The van der Waals surface area contributed by atoms with Gasteiger partial charge in [0.05, 0.1) is 12.2 Å². The predicted octanol–water partition coefficient (Wildman–Crippen LogP) is 6.19. The van der Waals surface area contributed by atoms with Gasteiger partial charge in [-0.05, 0) is 61.4 Å². The Morgan fingerprint density at radius 3 is 1.98 bits per heavy atom. The Morgan fingerprint density at radius 2 is 1.29 bits per heavy atom. The highest BCUT2D eigenvalue weighted by molar-refractivity contribution is 5.94. The van der Waals surface area contributed by atoms with Gasteiger partial charge >= 0.3 is 12.1 Å². The van der Waals surface area contributed by atoms with Crippen LogP contribution in [0.1, 0.15) is 54.4 Å². The zero-order valence-electron chi connectivity index (χ0n) is 28.8. The van der Waals surface area contributed by atoms with Crippen LogP contribution in [0.15, 0.2) is 78.9 Å². The van der Waals surface area contributed by atoms with Gasteiger partial charge in [0.1, 0.15) is 6.61 Å². The van der Waals surface area contributed by atoms with E-state index in [2.05, 4.69) is 9.91 Å². The molecular formula is C39H50N6O4. The maximum Gasteiger partial charge on any atom is 0.429 e. The Labute approximate surface area is 290 Å². The summed E-state index contributed by atoms with van der Waals surface area (Å²) in [6.07, 6.45) is 6.18. The Balaban J connectivity index is 0.999. The van der Waals surface area contributed by atoms with Crippen LogP contribution in [0.4, 0.5) is 15.3 Å². The Bertz CT molecular complexity index is 1530. The fourth-order valence-corrected chi connectivity index (χ4v) is 7.01. The molecular weight excluding hydrogens is 616 g/mol. The van der Waals surface area contributed by atoms with Crippen molar-refractivity contribution in [2.24, 2.45) is 0 Å². The van der Waals surface area contributed by atoms with E-state index in [1.807, 2.05) is 88.7 Å². The highest BCUT2D eigenvalue weighted by Gasteiger charge is 2.29. The van der Waals surface area contributed by atoms with Crippen molar-refractivity contribution in [1.82, 2.24) is 24.6 Å². The van der Waals surface area contributed by atoms with Crippen LogP contribution in [0.3, 0.4) is 0 Å². The Kier molecular flexibility index (Phi) is 11.8. The highest BCUT2D eigenvalue weighted by atomic mass is 16.6. The third kappa shape index (κ3) is 8.80. The summed E-state index contributed by atoms with van der Waals surface area (Å²) in [6.45, 7) is 7.65. The number of hydrogen-bond donors (Lipinski definition) is 0. The van der Waals surface area contributed by atoms with E-state index >= 15 is 0 Å². The average Bonchev–Trinajstić information content (AvgIpc) is 3.16. The van der Waals surface area contributed by atoms with E-state index in [0.29, 0.717) is 5.56 Å². The van der Waals surface area contributed by atoms with Crippen LogP contribution in [0.25, 0.3) is 11.1 Å². The van der Waals surface area contributed by atoms with E-state index in [-0.39, 0.29) is 25.1 Å². The lowest BCUT2D eigenvalue weighted by Crippen LogP contribution is -2.53. The molecule has 3 heterocycles. The van der Waals surface area contributed by atoms with E-state index in [0.717, 1.165) is 113 Å². The second-order valence-electron chi connectivity index (χ2n) is 13.3. The molecule has 4 amide bonds. The zero-order valence-corrected chi connectivity index (χ0v) is 28.8. The quantitative estimate of drug-likeness (QED) is 0.271. The van der Waals surface area contributed by atoms with Crippen molar-refractivity contribution in [2.75, 3.05) is 77.6 Å². The number of benzene rings is 3. The second-order valence-corrected chi connectivity index (χ2v) is 13.3. The number of ether oxygens (including phenoxy) is 1. The van der Waals surface area contributed by atoms with Crippen LogP contribution < -0.4 is 5.01 Å². The van der Waals surface area contributed by atoms with Gasteiger partial charge in [-0.25, -0.2) is 19.6 Å².